The Kier molecular flexibility index (Phi) is 10.3. The minimum Gasteiger partial charge on any atom is -0.509 e. The summed E-state index contributed by atoms with van der Waals surface area (Å²) in [5, 5.41) is 1.91. The van der Waals surface area contributed by atoms with E-state index in [0.717, 1.165) is 44.3 Å². The Labute approximate surface area is 478 Å². The van der Waals surface area contributed by atoms with Crippen molar-refractivity contribution in [3.05, 3.63) is 273 Å². The van der Waals surface area contributed by atoms with Crippen LogP contribution < -0.4 is 19.3 Å². The first kappa shape index (κ1) is 38.6. The first-order chi connectivity index (χ1) is 41.5. The number of fused-ring (bicyclic) bond motifs is 4. The van der Waals surface area contributed by atoms with Crippen molar-refractivity contribution in [3.8, 4) is 73.3 Å². The fraction of sp³-hybridized carbons (Fsp3) is 0.0571. The molecule has 13 rings (SSSR count). The van der Waals surface area contributed by atoms with Gasteiger partial charge in [-0.2, -0.15) is 12.1 Å². The monoisotopic (exact) mass is 1180 g/mol. The number of anilines is 4. The van der Waals surface area contributed by atoms with Crippen LogP contribution >= 0.6 is 0 Å². The van der Waals surface area contributed by atoms with Gasteiger partial charge in [0.15, 0.2) is 0 Å². The summed E-state index contributed by atoms with van der Waals surface area (Å²) in [7, 11) is 0. The number of benzene rings is 10. The van der Waals surface area contributed by atoms with Crippen LogP contribution in [0.2, 0.25) is 0 Å². The molecule has 0 saturated heterocycles. The summed E-state index contributed by atoms with van der Waals surface area (Å²) in [6, 6.07) is 60.2. The molecule has 1 aliphatic rings. The molecule has 12 aromatic rings. The molecule has 0 spiro atoms. The van der Waals surface area contributed by atoms with Crippen molar-refractivity contribution < 1.29 is 44.2 Å². The van der Waals surface area contributed by atoms with Crippen LogP contribution in [0, 0.1) is 18.8 Å². The van der Waals surface area contributed by atoms with E-state index in [-0.39, 0.29) is 54.4 Å². The van der Waals surface area contributed by atoms with Gasteiger partial charge in [0.2, 0.25) is 0 Å². The van der Waals surface area contributed by atoms with Crippen molar-refractivity contribution in [2.45, 2.75) is 26.2 Å². The van der Waals surface area contributed by atoms with Gasteiger partial charge in [-0.3, -0.25) is 0 Å². The summed E-state index contributed by atoms with van der Waals surface area (Å²) in [6.45, 7) is 8.39. The topological polar surface area (TPSA) is 42.8 Å². The van der Waals surface area contributed by atoms with Crippen LogP contribution in [0.5, 0.6) is 23.0 Å². The van der Waals surface area contributed by atoms with Crippen LogP contribution in [0.15, 0.2) is 249 Å². The van der Waals surface area contributed by atoms with Gasteiger partial charge >= 0.3 is 0 Å². The van der Waals surface area contributed by atoms with Gasteiger partial charge in [-0.25, -0.2) is 4.98 Å². The Morgan fingerprint density at radius 1 is 0.506 bits per heavy atom. The van der Waals surface area contributed by atoms with E-state index in [2.05, 4.69) is 79.9 Å². The summed E-state index contributed by atoms with van der Waals surface area (Å²) in [4.78, 5) is 8.54. The van der Waals surface area contributed by atoms with Gasteiger partial charge in [-0.1, -0.05) is 196 Å². The van der Waals surface area contributed by atoms with E-state index in [1.54, 1.807) is 42.0 Å². The first-order valence-corrected chi connectivity index (χ1v) is 24.9. The second-order valence-corrected chi connectivity index (χ2v) is 19.3. The number of aromatic nitrogens is 2. The molecular weight excluding hydrogens is 1120 g/mol. The molecule has 0 amide bonds. The number of hydrogen-bond donors (Lipinski definition) is 0. The minimum absolute atomic E-state index is 0. The Bertz CT molecular complexity index is 4500. The molecule has 0 radical (unpaired) electrons. The molecular formula is C70H51N4O2Pt-3. The Morgan fingerprint density at radius 3 is 1.74 bits per heavy atom. The number of hydrogen-bond acceptors (Lipinski definition) is 5. The van der Waals surface area contributed by atoms with Gasteiger partial charge in [0.25, 0.3) is 0 Å². The van der Waals surface area contributed by atoms with Gasteiger partial charge in [0.1, 0.15) is 17.3 Å². The zero-order chi connectivity index (χ0) is 59.9. The summed E-state index contributed by atoms with van der Waals surface area (Å²) < 4.78 is 103. The van der Waals surface area contributed by atoms with Crippen LogP contribution in [-0.2, 0) is 26.5 Å². The average Bonchev–Trinajstić information content (AvgIpc) is 2.67. The number of para-hydroxylation sites is 4. The van der Waals surface area contributed by atoms with E-state index in [9.17, 15) is 0 Å². The third kappa shape index (κ3) is 9.36. The number of pyridine rings is 1. The van der Waals surface area contributed by atoms with Crippen molar-refractivity contribution in [1.82, 2.24) is 9.55 Å². The van der Waals surface area contributed by atoms with Crippen LogP contribution in [0.4, 0.5) is 22.7 Å². The summed E-state index contributed by atoms with van der Waals surface area (Å²) in [5.74, 6) is 2.64. The normalized spacial score (nSPS) is 14.0. The third-order valence-electron chi connectivity index (χ3n) is 13.5. The van der Waals surface area contributed by atoms with Gasteiger partial charge in [-0.05, 0) is 75.0 Å². The molecule has 10 aromatic carbocycles. The molecule has 0 unspecified atom stereocenters. The molecule has 376 valence electrons. The van der Waals surface area contributed by atoms with E-state index in [1.165, 1.54) is 5.56 Å². The zero-order valence-corrected chi connectivity index (χ0v) is 44.2. The van der Waals surface area contributed by atoms with Crippen molar-refractivity contribution >= 4 is 44.6 Å². The van der Waals surface area contributed by atoms with Crippen LogP contribution in [0.1, 0.15) is 40.0 Å². The van der Waals surface area contributed by atoms with Crippen LogP contribution in [0.3, 0.4) is 0 Å². The van der Waals surface area contributed by atoms with Crippen molar-refractivity contribution in [1.29, 1.82) is 0 Å². The molecule has 0 bridgehead atoms. The summed E-state index contributed by atoms with van der Waals surface area (Å²) in [6.07, 6.45) is 1.75. The standard InChI is InChI=1S/C70H51N4O2.Pt/c1-70(2,3)52-42-61(50-26-12-6-13-27-50)69(62(43-52)51-28-14-7-15-29-51)76-56-40-41-71-67(46-56)74-63-35-17-16-32-59(63)60-39-38-55(45-66(60)74)75-54-31-20-30-53(44-54)72-47-73(65-37-19-18-36-64(65)72)68-57(48-22-8-4-9-23-48)33-21-34-58(68)49-24-10-5-11-25-49;/h4-43,46-47H,1-3H3;/q-3;/i4D,5D,8D,9D,10D,11D,22D,23D,24D,25D;. The van der Waals surface area contributed by atoms with Crippen LogP contribution in [0.25, 0.3) is 72.1 Å². The second kappa shape index (κ2) is 20.6. The smallest absolute Gasteiger partial charge is 0.143 e. The van der Waals surface area contributed by atoms with Crippen molar-refractivity contribution in [2.24, 2.45) is 0 Å². The van der Waals surface area contributed by atoms with Crippen molar-refractivity contribution in [3.63, 3.8) is 0 Å². The fourth-order valence-electron chi connectivity index (χ4n) is 9.92. The van der Waals surface area contributed by atoms with Gasteiger partial charge in [0, 0.05) is 89.7 Å². The SMILES string of the molecule is [2H]c1c([2H])c([2H])c(-c2cccc(-c3c([2H])c([2H])c([2H])c([2H])c3[2H])c2N2[CH-]N(c3[c-]c(Oc4[c-]c5c(cc4)c4ccccc4n5-c4cc(Oc5c(-c6ccccc6)cc(C(C)(C)C)cc5-c5ccccc5)ccn4)ccc3)c3ccccc32)c([2H])c1[2H].[Pt]. The number of nitrogens with zero attached hydrogens (tertiary/aromatic N) is 4. The second-order valence-electron chi connectivity index (χ2n) is 19.3. The third-order valence-corrected chi connectivity index (χ3v) is 13.5. The van der Waals surface area contributed by atoms with E-state index in [4.69, 9.17) is 28.2 Å². The van der Waals surface area contributed by atoms with E-state index in [0.29, 0.717) is 45.6 Å². The quantitative estimate of drug-likeness (QED) is 0.121. The number of rotatable bonds is 11. The molecule has 0 fully saturated rings. The predicted octanol–water partition coefficient (Wildman–Crippen LogP) is 18.7. The van der Waals surface area contributed by atoms with E-state index < -0.39 is 60.4 Å². The molecule has 1 aliphatic heterocycles. The number of ether oxygens (including phenoxy) is 2. The van der Waals surface area contributed by atoms with Gasteiger partial charge < -0.3 is 23.8 Å². The maximum Gasteiger partial charge on any atom is 0.143 e. The zero-order valence-electron chi connectivity index (χ0n) is 51.9. The van der Waals surface area contributed by atoms with Crippen molar-refractivity contribution in [2.75, 3.05) is 9.80 Å². The molecule has 2 aromatic heterocycles. The molecule has 6 nitrogen and oxygen atoms in total. The molecule has 0 saturated carbocycles. The maximum atomic E-state index is 9.09. The minimum atomic E-state index is -0.573. The average molecular weight is 1190 g/mol. The van der Waals surface area contributed by atoms with Gasteiger partial charge in [-0.15, -0.1) is 48.1 Å². The maximum absolute atomic E-state index is 9.09. The summed E-state index contributed by atoms with van der Waals surface area (Å²) >= 11 is 0. The van der Waals surface area contributed by atoms with Crippen LogP contribution in [-0.4, -0.2) is 9.55 Å². The fourth-order valence-corrected chi connectivity index (χ4v) is 9.92. The molecule has 0 aliphatic carbocycles. The molecule has 77 heavy (non-hydrogen) atoms. The summed E-state index contributed by atoms with van der Waals surface area (Å²) in [5.41, 5.74) is 8.63. The molecule has 0 atom stereocenters. The Morgan fingerprint density at radius 2 is 1.09 bits per heavy atom. The van der Waals surface area contributed by atoms with E-state index >= 15 is 0 Å². The Balaban J connectivity index is 0.00000739. The molecule has 3 heterocycles. The largest absolute Gasteiger partial charge is 0.509 e. The molecule has 7 heteroatoms. The first-order valence-electron chi connectivity index (χ1n) is 29.9. The van der Waals surface area contributed by atoms with Gasteiger partial charge in [0.05, 0.1) is 13.7 Å². The molecule has 0 N–H and O–H groups in total. The van der Waals surface area contributed by atoms with E-state index in [1.807, 2.05) is 120 Å². The predicted molar refractivity (Wildman–Crippen MR) is 311 cm³/mol. The Hall–Kier alpha value is -8.96.